The Labute approximate surface area is 134 Å². The highest BCUT2D eigenvalue weighted by atomic mass is 35.5. The lowest BCUT2D eigenvalue weighted by atomic mass is 10.1. The summed E-state index contributed by atoms with van der Waals surface area (Å²) in [6, 6.07) is 11.0. The molecule has 0 bridgehead atoms. The third kappa shape index (κ3) is 4.35. The Hall–Kier alpha value is -1.77. The molecule has 0 heterocycles. The summed E-state index contributed by atoms with van der Waals surface area (Å²) in [4.78, 5) is 11.9. The molecule has 0 aliphatic carbocycles. The van der Waals surface area contributed by atoms with Crippen LogP contribution in [0.15, 0.2) is 42.5 Å². The maximum Gasteiger partial charge on any atom is 0.248 e. The Balaban J connectivity index is 2.09. The van der Waals surface area contributed by atoms with E-state index in [0.717, 1.165) is 22.4 Å². The summed E-state index contributed by atoms with van der Waals surface area (Å²) in [7, 11) is 0. The molecule has 0 atom stereocenters. The second kappa shape index (κ2) is 6.79. The number of rotatable bonds is 3. The first kappa shape index (κ1) is 15.6. The van der Waals surface area contributed by atoms with Crippen LogP contribution in [0.5, 0.6) is 0 Å². The third-order valence-electron chi connectivity index (χ3n) is 3.02. The molecule has 2 aromatic carbocycles. The minimum atomic E-state index is -0.201. The third-order valence-corrected chi connectivity index (χ3v) is 3.58. The quantitative estimate of drug-likeness (QED) is 0.768. The first-order valence-electron chi connectivity index (χ1n) is 6.47. The summed E-state index contributed by atoms with van der Waals surface area (Å²) < 4.78 is 0. The number of anilines is 1. The first-order valence-corrected chi connectivity index (χ1v) is 7.22. The van der Waals surface area contributed by atoms with Gasteiger partial charge in [-0.15, -0.1) is 0 Å². The van der Waals surface area contributed by atoms with Crippen LogP contribution in [0.25, 0.3) is 6.08 Å². The Bertz CT molecular complexity index is 708. The number of carbonyl (C=O) groups is 1. The van der Waals surface area contributed by atoms with E-state index in [4.69, 9.17) is 23.2 Å². The number of hydrogen-bond acceptors (Lipinski definition) is 1. The van der Waals surface area contributed by atoms with Crippen molar-refractivity contribution in [2.75, 3.05) is 5.32 Å². The molecule has 2 aromatic rings. The molecule has 2 nitrogen and oxygen atoms in total. The predicted octanol–water partition coefficient (Wildman–Crippen LogP) is 5.26. The molecule has 4 heteroatoms. The Morgan fingerprint density at radius 3 is 2.52 bits per heavy atom. The second-order valence-corrected chi connectivity index (χ2v) is 5.65. The van der Waals surface area contributed by atoms with Crippen molar-refractivity contribution in [1.82, 2.24) is 0 Å². The summed E-state index contributed by atoms with van der Waals surface area (Å²) in [5.41, 5.74) is 3.74. The first-order chi connectivity index (χ1) is 9.95. The number of hydrogen-bond donors (Lipinski definition) is 1. The molecule has 108 valence electrons. The molecule has 21 heavy (non-hydrogen) atoms. The maximum atomic E-state index is 11.9. The van der Waals surface area contributed by atoms with Crippen molar-refractivity contribution in [3.05, 3.63) is 69.2 Å². The number of benzene rings is 2. The van der Waals surface area contributed by atoms with Crippen LogP contribution in [0.3, 0.4) is 0 Å². The highest BCUT2D eigenvalue weighted by Gasteiger charge is 2.03. The average Bonchev–Trinajstić information content (AvgIpc) is 2.41. The van der Waals surface area contributed by atoms with Gasteiger partial charge in [0, 0.05) is 21.8 Å². The van der Waals surface area contributed by atoms with Gasteiger partial charge in [0.1, 0.15) is 0 Å². The van der Waals surface area contributed by atoms with Crippen LogP contribution in [-0.4, -0.2) is 5.91 Å². The van der Waals surface area contributed by atoms with E-state index in [2.05, 4.69) is 5.32 Å². The largest absolute Gasteiger partial charge is 0.322 e. The standard InChI is InChI=1S/C17H15Cl2NO/c1-11-3-7-16(12(2)9-11)20-17(21)8-5-13-4-6-14(18)10-15(13)19/h3-10H,1-2H3,(H,20,21). The second-order valence-electron chi connectivity index (χ2n) is 4.81. The van der Waals surface area contributed by atoms with Gasteiger partial charge in [-0.25, -0.2) is 0 Å². The summed E-state index contributed by atoms with van der Waals surface area (Å²) >= 11 is 11.9. The van der Waals surface area contributed by atoms with Crippen LogP contribution in [-0.2, 0) is 4.79 Å². The zero-order valence-electron chi connectivity index (χ0n) is 11.8. The molecule has 0 aromatic heterocycles. The number of carbonyl (C=O) groups excluding carboxylic acids is 1. The Kier molecular flexibility index (Phi) is 5.05. The van der Waals surface area contributed by atoms with Crippen molar-refractivity contribution in [3.63, 3.8) is 0 Å². The molecule has 0 saturated heterocycles. The Morgan fingerprint density at radius 2 is 1.86 bits per heavy atom. The van der Waals surface area contributed by atoms with Crippen molar-refractivity contribution < 1.29 is 4.79 Å². The molecule has 1 N–H and O–H groups in total. The van der Waals surface area contributed by atoms with E-state index in [1.54, 1.807) is 24.3 Å². The highest BCUT2D eigenvalue weighted by molar-refractivity contribution is 6.35. The Morgan fingerprint density at radius 1 is 1.10 bits per heavy atom. The predicted molar refractivity (Wildman–Crippen MR) is 90.0 cm³/mol. The lowest BCUT2D eigenvalue weighted by Crippen LogP contribution is -2.08. The molecule has 0 saturated carbocycles. The number of halogens is 2. The summed E-state index contributed by atoms with van der Waals surface area (Å²) in [5, 5.41) is 3.92. The molecular formula is C17H15Cl2NO. The van der Waals surface area contributed by atoms with Gasteiger partial charge in [0.25, 0.3) is 0 Å². The van der Waals surface area contributed by atoms with Crippen LogP contribution in [0.2, 0.25) is 10.0 Å². The van der Waals surface area contributed by atoms with Gasteiger partial charge in [-0.3, -0.25) is 4.79 Å². The van der Waals surface area contributed by atoms with Gasteiger partial charge in [-0.05, 0) is 49.2 Å². The van der Waals surface area contributed by atoms with Crippen LogP contribution in [0, 0.1) is 13.8 Å². The molecule has 2 rings (SSSR count). The van der Waals surface area contributed by atoms with E-state index in [9.17, 15) is 4.79 Å². The van der Waals surface area contributed by atoms with E-state index in [1.807, 2.05) is 32.0 Å². The topological polar surface area (TPSA) is 29.1 Å². The van der Waals surface area contributed by atoms with Gasteiger partial charge in [-0.2, -0.15) is 0 Å². The number of amides is 1. The highest BCUT2D eigenvalue weighted by Crippen LogP contribution is 2.22. The van der Waals surface area contributed by atoms with Gasteiger partial charge < -0.3 is 5.32 Å². The van der Waals surface area contributed by atoms with Crippen LogP contribution in [0.1, 0.15) is 16.7 Å². The van der Waals surface area contributed by atoms with Crippen LogP contribution < -0.4 is 5.32 Å². The SMILES string of the molecule is Cc1ccc(NC(=O)C=Cc2ccc(Cl)cc2Cl)c(C)c1. The normalized spacial score (nSPS) is 10.9. The summed E-state index contributed by atoms with van der Waals surface area (Å²) in [5.74, 6) is -0.201. The maximum absolute atomic E-state index is 11.9. The van der Waals surface area contributed by atoms with Crippen LogP contribution in [0.4, 0.5) is 5.69 Å². The van der Waals surface area contributed by atoms with Crippen molar-refractivity contribution in [3.8, 4) is 0 Å². The average molecular weight is 320 g/mol. The van der Waals surface area contributed by atoms with E-state index in [0.29, 0.717) is 10.0 Å². The molecule has 0 fully saturated rings. The minimum absolute atomic E-state index is 0.201. The van der Waals surface area contributed by atoms with E-state index in [-0.39, 0.29) is 5.91 Å². The monoisotopic (exact) mass is 319 g/mol. The fourth-order valence-corrected chi connectivity index (χ4v) is 2.40. The van der Waals surface area contributed by atoms with E-state index >= 15 is 0 Å². The minimum Gasteiger partial charge on any atom is -0.322 e. The lowest BCUT2D eigenvalue weighted by Gasteiger charge is -2.07. The lowest BCUT2D eigenvalue weighted by molar-refractivity contribution is -0.111. The van der Waals surface area contributed by atoms with Crippen molar-refractivity contribution in [1.29, 1.82) is 0 Å². The fourth-order valence-electron chi connectivity index (χ4n) is 1.93. The molecule has 0 aliphatic heterocycles. The van der Waals surface area contributed by atoms with Crippen molar-refractivity contribution in [2.45, 2.75) is 13.8 Å². The fraction of sp³-hybridized carbons (Fsp3) is 0.118. The number of nitrogens with one attached hydrogen (secondary N) is 1. The van der Waals surface area contributed by atoms with Gasteiger partial charge in [0.15, 0.2) is 0 Å². The molecule has 0 aliphatic rings. The van der Waals surface area contributed by atoms with Crippen LogP contribution >= 0.6 is 23.2 Å². The van der Waals surface area contributed by atoms with Gasteiger partial charge in [0.05, 0.1) is 0 Å². The van der Waals surface area contributed by atoms with Gasteiger partial charge >= 0.3 is 0 Å². The van der Waals surface area contributed by atoms with E-state index < -0.39 is 0 Å². The molecule has 1 amide bonds. The van der Waals surface area contributed by atoms with Gasteiger partial charge in [0.2, 0.25) is 5.91 Å². The zero-order chi connectivity index (χ0) is 15.4. The molecule has 0 unspecified atom stereocenters. The number of aryl methyl sites for hydroxylation is 2. The molecule has 0 radical (unpaired) electrons. The van der Waals surface area contributed by atoms with Crippen molar-refractivity contribution >= 4 is 40.9 Å². The van der Waals surface area contributed by atoms with Crippen molar-refractivity contribution in [2.24, 2.45) is 0 Å². The summed E-state index contributed by atoms with van der Waals surface area (Å²) in [6.07, 6.45) is 3.12. The molecule has 0 spiro atoms. The van der Waals surface area contributed by atoms with E-state index in [1.165, 1.54) is 6.08 Å². The molecular weight excluding hydrogens is 305 g/mol. The summed E-state index contributed by atoms with van der Waals surface area (Å²) in [6.45, 7) is 3.98. The smallest absolute Gasteiger partial charge is 0.248 e. The van der Waals surface area contributed by atoms with Gasteiger partial charge in [-0.1, -0.05) is 47.0 Å². The zero-order valence-corrected chi connectivity index (χ0v) is 13.3.